The Balaban J connectivity index is 1.99. The first-order chi connectivity index (χ1) is 16.1. The molecule has 0 saturated heterocycles. The van der Waals surface area contributed by atoms with E-state index in [1.54, 1.807) is 17.0 Å². The molecule has 34 heavy (non-hydrogen) atoms. The van der Waals surface area contributed by atoms with Crippen LogP contribution in [0.25, 0.3) is 0 Å². The van der Waals surface area contributed by atoms with E-state index in [1.165, 1.54) is 0 Å². The number of nitrogens with zero attached hydrogens (tertiary/aromatic N) is 1. The molecule has 3 aromatic carbocycles. The molecular weight excluding hydrogens is 444 g/mol. The Morgan fingerprint density at radius 1 is 0.882 bits per heavy atom. The Morgan fingerprint density at radius 2 is 1.50 bits per heavy atom. The monoisotopic (exact) mass is 476 g/mol. The van der Waals surface area contributed by atoms with Crippen molar-refractivity contribution in [2.45, 2.75) is 58.7 Å². The van der Waals surface area contributed by atoms with Crippen molar-refractivity contribution in [2.24, 2.45) is 0 Å². The normalized spacial score (nSPS) is 12.1. The molecule has 0 aliphatic carbocycles. The Bertz CT molecular complexity index is 1100. The van der Waals surface area contributed by atoms with E-state index in [0.717, 1.165) is 22.3 Å². The summed E-state index contributed by atoms with van der Waals surface area (Å²) in [7, 11) is 0. The molecule has 0 unspecified atom stereocenters. The maximum atomic E-state index is 13.7. The molecule has 1 atom stereocenters. The van der Waals surface area contributed by atoms with Gasteiger partial charge in [-0.05, 0) is 62.1 Å². The van der Waals surface area contributed by atoms with Gasteiger partial charge < -0.3 is 10.2 Å². The fraction of sp³-hybridized carbons (Fsp3) is 0.310. The number of halogens is 1. The summed E-state index contributed by atoms with van der Waals surface area (Å²) in [6.45, 7) is 8.23. The molecule has 3 aromatic rings. The van der Waals surface area contributed by atoms with Crippen LogP contribution in [-0.2, 0) is 29.0 Å². The van der Waals surface area contributed by atoms with Crippen molar-refractivity contribution in [1.82, 2.24) is 10.2 Å². The van der Waals surface area contributed by atoms with Crippen molar-refractivity contribution >= 4 is 23.4 Å². The second-order valence-corrected chi connectivity index (χ2v) is 10.1. The van der Waals surface area contributed by atoms with Crippen molar-refractivity contribution in [3.8, 4) is 0 Å². The van der Waals surface area contributed by atoms with Gasteiger partial charge in [0.2, 0.25) is 11.8 Å². The van der Waals surface area contributed by atoms with Gasteiger partial charge in [0.1, 0.15) is 6.04 Å². The standard InChI is InChI=1S/C29H33ClN2O2/c1-21-10-8-9-13-24(21)20-32(27(33)19-23-14-16-25(30)17-15-23)26(28(34)31-29(2,3)4)18-22-11-6-5-7-12-22/h5-17,26H,18-20H2,1-4H3,(H,31,34)/t26-/m1/s1. The number of rotatable bonds is 8. The van der Waals surface area contributed by atoms with Crippen LogP contribution in [0.4, 0.5) is 0 Å². The van der Waals surface area contributed by atoms with Crippen molar-refractivity contribution < 1.29 is 9.59 Å². The zero-order valence-corrected chi connectivity index (χ0v) is 21.1. The highest BCUT2D eigenvalue weighted by Gasteiger charge is 2.32. The molecule has 0 aliphatic heterocycles. The van der Waals surface area contributed by atoms with Crippen LogP contribution >= 0.6 is 11.6 Å². The summed E-state index contributed by atoms with van der Waals surface area (Å²) < 4.78 is 0. The van der Waals surface area contributed by atoms with Crippen LogP contribution in [0.5, 0.6) is 0 Å². The highest BCUT2D eigenvalue weighted by Crippen LogP contribution is 2.20. The Morgan fingerprint density at radius 3 is 2.12 bits per heavy atom. The van der Waals surface area contributed by atoms with Gasteiger partial charge in [0.15, 0.2) is 0 Å². The van der Waals surface area contributed by atoms with E-state index in [2.05, 4.69) is 5.32 Å². The third-order valence-corrected chi connectivity index (χ3v) is 5.89. The first-order valence-corrected chi connectivity index (χ1v) is 11.9. The molecule has 178 valence electrons. The van der Waals surface area contributed by atoms with E-state index >= 15 is 0 Å². The van der Waals surface area contributed by atoms with Crippen LogP contribution in [0.1, 0.15) is 43.0 Å². The summed E-state index contributed by atoms with van der Waals surface area (Å²) >= 11 is 6.03. The molecule has 0 heterocycles. The number of aryl methyl sites for hydroxylation is 1. The van der Waals surface area contributed by atoms with Crippen LogP contribution < -0.4 is 5.32 Å². The van der Waals surface area contributed by atoms with Crippen LogP contribution in [0.3, 0.4) is 0 Å². The molecular formula is C29H33ClN2O2. The average molecular weight is 477 g/mol. The van der Waals surface area contributed by atoms with Crippen LogP contribution in [0, 0.1) is 6.92 Å². The molecule has 0 radical (unpaired) electrons. The summed E-state index contributed by atoms with van der Waals surface area (Å²) in [6, 6.07) is 24.4. The topological polar surface area (TPSA) is 49.4 Å². The van der Waals surface area contributed by atoms with Gasteiger partial charge in [-0.1, -0.05) is 78.3 Å². The van der Waals surface area contributed by atoms with E-state index in [-0.39, 0.29) is 18.2 Å². The molecule has 3 rings (SSSR count). The van der Waals surface area contributed by atoms with Gasteiger partial charge in [-0.3, -0.25) is 9.59 Å². The Kier molecular flexibility index (Phi) is 8.51. The number of nitrogens with one attached hydrogen (secondary N) is 1. The molecule has 5 heteroatoms. The minimum atomic E-state index is -0.652. The molecule has 2 amide bonds. The molecule has 0 saturated carbocycles. The van der Waals surface area contributed by atoms with E-state index in [0.29, 0.717) is 18.0 Å². The van der Waals surface area contributed by atoms with Crippen molar-refractivity contribution in [2.75, 3.05) is 0 Å². The summed E-state index contributed by atoms with van der Waals surface area (Å²) in [5.74, 6) is -0.259. The lowest BCUT2D eigenvalue weighted by Crippen LogP contribution is -2.54. The van der Waals surface area contributed by atoms with Gasteiger partial charge in [0.25, 0.3) is 0 Å². The smallest absolute Gasteiger partial charge is 0.243 e. The second kappa shape index (κ2) is 11.3. The maximum Gasteiger partial charge on any atom is 0.243 e. The number of benzene rings is 3. The minimum Gasteiger partial charge on any atom is -0.350 e. The molecule has 0 aromatic heterocycles. The number of carbonyl (C=O) groups excluding carboxylic acids is 2. The lowest BCUT2D eigenvalue weighted by atomic mass is 9.99. The van der Waals surface area contributed by atoms with Gasteiger partial charge in [-0.15, -0.1) is 0 Å². The number of amides is 2. The third-order valence-electron chi connectivity index (χ3n) is 5.64. The van der Waals surface area contributed by atoms with Crippen molar-refractivity contribution in [3.63, 3.8) is 0 Å². The largest absolute Gasteiger partial charge is 0.350 e. The fourth-order valence-corrected chi connectivity index (χ4v) is 3.98. The van der Waals surface area contributed by atoms with Crippen molar-refractivity contribution in [1.29, 1.82) is 0 Å². The zero-order chi connectivity index (χ0) is 24.7. The van der Waals surface area contributed by atoms with Crippen molar-refractivity contribution in [3.05, 3.63) is 106 Å². The van der Waals surface area contributed by atoms with E-state index in [4.69, 9.17) is 11.6 Å². The molecule has 0 fully saturated rings. The first-order valence-electron chi connectivity index (χ1n) is 11.6. The second-order valence-electron chi connectivity index (χ2n) is 9.70. The summed E-state index contributed by atoms with van der Waals surface area (Å²) in [4.78, 5) is 29.0. The quantitative estimate of drug-likeness (QED) is 0.450. The number of hydrogen-bond acceptors (Lipinski definition) is 2. The molecule has 0 bridgehead atoms. The van der Waals surface area contributed by atoms with Gasteiger partial charge in [0, 0.05) is 23.5 Å². The zero-order valence-electron chi connectivity index (χ0n) is 20.3. The lowest BCUT2D eigenvalue weighted by molar-refractivity contribution is -0.141. The molecule has 0 spiro atoms. The van der Waals surface area contributed by atoms with E-state index in [1.807, 2.05) is 94.4 Å². The Labute approximate surface area is 207 Å². The highest BCUT2D eigenvalue weighted by molar-refractivity contribution is 6.30. The fourth-order valence-electron chi connectivity index (χ4n) is 3.86. The van der Waals surface area contributed by atoms with E-state index in [9.17, 15) is 9.59 Å². The van der Waals surface area contributed by atoms with Gasteiger partial charge in [-0.2, -0.15) is 0 Å². The molecule has 1 N–H and O–H groups in total. The van der Waals surface area contributed by atoms with Gasteiger partial charge >= 0.3 is 0 Å². The summed E-state index contributed by atoms with van der Waals surface area (Å²) in [5.41, 5.74) is 3.55. The third kappa shape index (κ3) is 7.46. The van der Waals surface area contributed by atoms with Gasteiger partial charge in [0.05, 0.1) is 6.42 Å². The van der Waals surface area contributed by atoms with Crippen LogP contribution in [0.2, 0.25) is 5.02 Å². The SMILES string of the molecule is Cc1ccccc1CN(C(=O)Cc1ccc(Cl)cc1)[C@H](Cc1ccccc1)C(=O)NC(C)(C)C. The number of hydrogen-bond donors (Lipinski definition) is 1. The van der Waals surface area contributed by atoms with Gasteiger partial charge in [-0.25, -0.2) is 0 Å². The average Bonchev–Trinajstić information content (AvgIpc) is 2.78. The molecule has 0 aliphatic rings. The predicted octanol–water partition coefficient (Wildman–Crippen LogP) is 5.75. The maximum absolute atomic E-state index is 13.7. The molecule has 4 nitrogen and oxygen atoms in total. The highest BCUT2D eigenvalue weighted by atomic mass is 35.5. The van der Waals surface area contributed by atoms with Crippen LogP contribution in [-0.4, -0.2) is 28.3 Å². The van der Waals surface area contributed by atoms with Crippen LogP contribution in [0.15, 0.2) is 78.9 Å². The summed E-state index contributed by atoms with van der Waals surface area (Å²) in [6.07, 6.45) is 0.623. The number of carbonyl (C=O) groups is 2. The lowest BCUT2D eigenvalue weighted by Gasteiger charge is -2.34. The minimum absolute atomic E-state index is 0.101. The summed E-state index contributed by atoms with van der Waals surface area (Å²) in [5, 5.41) is 3.72. The predicted molar refractivity (Wildman–Crippen MR) is 139 cm³/mol. The first kappa shape index (κ1) is 25.5. The Hall–Kier alpha value is -3.11. The van der Waals surface area contributed by atoms with E-state index < -0.39 is 11.6 Å².